The van der Waals surface area contributed by atoms with Crippen molar-refractivity contribution in [2.75, 3.05) is 0 Å². The van der Waals surface area contributed by atoms with Gasteiger partial charge in [-0.3, -0.25) is 10.1 Å². The largest absolute Gasteiger partial charge is 0.423 e. The molecule has 2 rings (SSSR count). The van der Waals surface area contributed by atoms with Gasteiger partial charge >= 0.3 is 6.18 Å². The number of nitro benzene ring substituents is 1. The molecule has 94 valence electrons. The SMILES string of the molecule is O=[N+]([O-])c1cc(C(F)(F)F)ccc1-c1nnco1. The van der Waals surface area contributed by atoms with Crippen LogP contribution < -0.4 is 0 Å². The molecule has 0 saturated heterocycles. The molecule has 0 unspecified atom stereocenters. The first kappa shape index (κ1) is 12.0. The van der Waals surface area contributed by atoms with Gasteiger partial charge in [0.2, 0.25) is 6.39 Å². The zero-order chi connectivity index (χ0) is 13.3. The summed E-state index contributed by atoms with van der Waals surface area (Å²) in [5, 5.41) is 17.5. The Labute approximate surface area is 97.2 Å². The molecule has 0 bridgehead atoms. The second-order valence-electron chi connectivity index (χ2n) is 3.23. The minimum absolute atomic E-state index is 0.162. The zero-order valence-corrected chi connectivity index (χ0v) is 8.51. The highest BCUT2D eigenvalue weighted by Crippen LogP contribution is 2.36. The van der Waals surface area contributed by atoms with E-state index in [2.05, 4.69) is 10.2 Å². The average molecular weight is 259 g/mol. The maximum Gasteiger partial charge on any atom is 0.416 e. The monoisotopic (exact) mass is 259 g/mol. The van der Waals surface area contributed by atoms with E-state index in [1.54, 1.807) is 0 Å². The second-order valence-corrected chi connectivity index (χ2v) is 3.23. The van der Waals surface area contributed by atoms with Crippen molar-refractivity contribution in [2.24, 2.45) is 0 Å². The highest BCUT2D eigenvalue weighted by molar-refractivity contribution is 5.67. The van der Waals surface area contributed by atoms with Crippen molar-refractivity contribution in [3.63, 3.8) is 0 Å². The van der Waals surface area contributed by atoms with E-state index >= 15 is 0 Å². The van der Waals surface area contributed by atoms with Crippen LogP contribution in [0.15, 0.2) is 29.0 Å². The van der Waals surface area contributed by atoms with Crippen molar-refractivity contribution in [1.29, 1.82) is 0 Å². The van der Waals surface area contributed by atoms with E-state index in [4.69, 9.17) is 4.42 Å². The molecule has 0 fully saturated rings. The Morgan fingerprint density at radius 1 is 1.33 bits per heavy atom. The van der Waals surface area contributed by atoms with Crippen LogP contribution in [-0.2, 0) is 6.18 Å². The number of halogens is 3. The van der Waals surface area contributed by atoms with Crippen LogP contribution in [0.5, 0.6) is 0 Å². The molecule has 0 atom stereocenters. The van der Waals surface area contributed by atoms with Crippen molar-refractivity contribution in [2.45, 2.75) is 6.18 Å². The van der Waals surface area contributed by atoms with Crippen LogP contribution in [0, 0.1) is 10.1 Å². The van der Waals surface area contributed by atoms with Crippen LogP contribution in [0.1, 0.15) is 5.56 Å². The first-order valence-electron chi connectivity index (χ1n) is 4.52. The predicted molar refractivity (Wildman–Crippen MR) is 51.4 cm³/mol. The lowest BCUT2D eigenvalue weighted by Crippen LogP contribution is -2.06. The Morgan fingerprint density at radius 2 is 2.06 bits per heavy atom. The zero-order valence-electron chi connectivity index (χ0n) is 8.51. The number of rotatable bonds is 2. The molecule has 0 aliphatic heterocycles. The second kappa shape index (κ2) is 4.09. The van der Waals surface area contributed by atoms with E-state index in [1.165, 1.54) is 0 Å². The van der Waals surface area contributed by atoms with Crippen molar-refractivity contribution in [3.8, 4) is 11.5 Å². The Bertz CT molecular complexity index is 580. The molecule has 1 heterocycles. The standard InChI is InChI=1S/C9H4F3N3O3/c10-9(11,12)5-1-2-6(7(3-5)15(16)17)8-14-13-4-18-8/h1-4H. The van der Waals surface area contributed by atoms with Gasteiger partial charge in [0.25, 0.3) is 11.6 Å². The van der Waals surface area contributed by atoms with Crippen LogP contribution in [0.2, 0.25) is 0 Å². The minimum Gasteiger partial charge on any atom is -0.423 e. The van der Waals surface area contributed by atoms with Crippen molar-refractivity contribution >= 4 is 5.69 Å². The third-order valence-corrected chi connectivity index (χ3v) is 2.11. The molecule has 0 spiro atoms. The summed E-state index contributed by atoms with van der Waals surface area (Å²) in [5.74, 6) is -0.213. The van der Waals surface area contributed by atoms with E-state index in [1.807, 2.05) is 0 Å². The molecular weight excluding hydrogens is 255 g/mol. The van der Waals surface area contributed by atoms with E-state index < -0.39 is 22.4 Å². The third kappa shape index (κ3) is 2.14. The lowest BCUT2D eigenvalue weighted by atomic mass is 10.1. The molecule has 9 heteroatoms. The molecular formula is C9H4F3N3O3. The lowest BCUT2D eigenvalue weighted by molar-refractivity contribution is -0.384. The van der Waals surface area contributed by atoms with E-state index in [9.17, 15) is 23.3 Å². The molecule has 0 amide bonds. The Morgan fingerprint density at radius 3 is 2.56 bits per heavy atom. The molecule has 1 aromatic heterocycles. The van der Waals surface area contributed by atoms with E-state index in [-0.39, 0.29) is 11.5 Å². The number of nitrogens with zero attached hydrogens (tertiary/aromatic N) is 3. The predicted octanol–water partition coefficient (Wildman–Crippen LogP) is 2.66. The number of aromatic nitrogens is 2. The molecule has 2 aromatic rings. The van der Waals surface area contributed by atoms with Gasteiger partial charge in [0.05, 0.1) is 10.5 Å². The highest BCUT2D eigenvalue weighted by atomic mass is 19.4. The maximum absolute atomic E-state index is 12.4. The van der Waals surface area contributed by atoms with Gasteiger partial charge in [-0.1, -0.05) is 0 Å². The number of hydrogen-bond acceptors (Lipinski definition) is 5. The summed E-state index contributed by atoms with van der Waals surface area (Å²) in [7, 11) is 0. The van der Waals surface area contributed by atoms with Gasteiger partial charge in [0.15, 0.2) is 0 Å². The third-order valence-electron chi connectivity index (χ3n) is 2.11. The van der Waals surface area contributed by atoms with Gasteiger partial charge < -0.3 is 4.42 Å². The van der Waals surface area contributed by atoms with E-state index in [0.717, 1.165) is 12.5 Å². The summed E-state index contributed by atoms with van der Waals surface area (Å²) in [4.78, 5) is 9.81. The highest BCUT2D eigenvalue weighted by Gasteiger charge is 2.33. The lowest BCUT2D eigenvalue weighted by Gasteiger charge is -2.07. The average Bonchev–Trinajstić information content (AvgIpc) is 2.80. The summed E-state index contributed by atoms with van der Waals surface area (Å²) >= 11 is 0. The van der Waals surface area contributed by atoms with Crippen LogP contribution in [0.4, 0.5) is 18.9 Å². The van der Waals surface area contributed by atoms with Crippen molar-refractivity contribution in [3.05, 3.63) is 40.3 Å². The van der Waals surface area contributed by atoms with Gasteiger partial charge in [-0.05, 0) is 12.1 Å². The molecule has 0 aliphatic carbocycles. The van der Waals surface area contributed by atoms with Crippen LogP contribution in [-0.4, -0.2) is 15.1 Å². The Hall–Kier alpha value is -2.45. The number of benzene rings is 1. The first-order valence-corrected chi connectivity index (χ1v) is 4.52. The number of alkyl halides is 3. The summed E-state index contributed by atoms with van der Waals surface area (Å²) < 4.78 is 42.0. The fourth-order valence-corrected chi connectivity index (χ4v) is 1.33. The van der Waals surface area contributed by atoms with Gasteiger partial charge in [0.1, 0.15) is 5.56 Å². The van der Waals surface area contributed by atoms with Crippen LogP contribution in [0.25, 0.3) is 11.5 Å². The molecule has 18 heavy (non-hydrogen) atoms. The fraction of sp³-hybridized carbons (Fsp3) is 0.111. The van der Waals surface area contributed by atoms with Gasteiger partial charge in [0, 0.05) is 6.07 Å². The Kier molecular flexibility index (Phi) is 2.73. The number of nitro groups is 1. The maximum atomic E-state index is 12.4. The Balaban J connectivity index is 2.59. The normalized spacial score (nSPS) is 11.5. The topological polar surface area (TPSA) is 82.1 Å². The van der Waals surface area contributed by atoms with Gasteiger partial charge in [-0.25, -0.2) is 0 Å². The van der Waals surface area contributed by atoms with Crippen molar-refractivity contribution in [1.82, 2.24) is 10.2 Å². The molecule has 0 saturated carbocycles. The smallest absolute Gasteiger partial charge is 0.416 e. The van der Waals surface area contributed by atoms with Crippen LogP contribution in [0.3, 0.4) is 0 Å². The number of hydrogen-bond donors (Lipinski definition) is 0. The van der Waals surface area contributed by atoms with E-state index in [0.29, 0.717) is 12.1 Å². The fourth-order valence-electron chi connectivity index (χ4n) is 1.33. The molecule has 1 aromatic carbocycles. The molecule has 0 N–H and O–H groups in total. The quantitative estimate of drug-likeness (QED) is 0.611. The molecule has 0 radical (unpaired) electrons. The summed E-state index contributed by atoms with van der Waals surface area (Å²) in [6, 6.07) is 2.07. The van der Waals surface area contributed by atoms with Gasteiger partial charge in [-0.2, -0.15) is 13.2 Å². The molecule has 6 nitrogen and oxygen atoms in total. The van der Waals surface area contributed by atoms with Gasteiger partial charge in [-0.15, -0.1) is 10.2 Å². The minimum atomic E-state index is -4.65. The summed E-state index contributed by atoms with van der Waals surface area (Å²) in [5.41, 5.74) is -2.02. The van der Waals surface area contributed by atoms with Crippen LogP contribution >= 0.6 is 0 Å². The first-order chi connectivity index (χ1) is 8.39. The van der Waals surface area contributed by atoms with Crippen molar-refractivity contribution < 1.29 is 22.5 Å². The summed E-state index contributed by atoms with van der Waals surface area (Å²) in [6.45, 7) is 0. The summed E-state index contributed by atoms with van der Waals surface area (Å²) in [6.07, 6.45) is -3.73. The molecule has 0 aliphatic rings.